The van der Waals surface area contributed by atoms with Gasteiger partial charge < -0.3 is 30.6 Å². The van der Waals surface area contributed by atoms with Gasteiger partial charge in [-0.05, 0) is 6.07 Å². The fraction of sp³-hybridized carbons (Fsp3) is 0.467. The van der Waals surface area contributed by atoms with Crippen molar-refractivity contribution in [2.24, 2.45) is 16.5 Å². The number of guanidine groups is 1. The molecule has 8 nitrogen and oxygen atoms in total. The molecule has 0 spiro atoms. The second kappa shape index (κ2) is 8.46. The van der Waals surface area contributed by atoms with E-state index in [0.29, 0.717) is 32.0 Å². The van der Waals surface area contributed by atoms with Gasteiger partial charge in [0.2, 0.25) is 0 Å². The highest BCUT2D eigenvalue weighted by Gasteiger charge is 2.29. The smallest absolute Gasteiger partial charge is 0.437 e. The number of anilines is 1. The first kappa shape index (κ1) is 18.0. The Labute approximate surface area is 139 Å². The molecule has 1 aliphatic heterocycles. The van der Waals surface area contributed by atoms with Crippen LogP contribution in [0.25, 0.3) is 0 Å². The number of benzene rings is 1. The average molecular weight is 340 g/mol. The molecule has 2 rings (SSSR count). The van der Waals surface area contributed by atoms with Crippen LogP contribution in [-0.2, 0) is 20.8 Å². The van der Waals surface area contributed by atoms with E-state index in [1.54, 1.807) is 19.2 Å². The summed E-state index contributed by atoms with van der Waals surface area (Å²) in [5.41, 5.74) is 10.8. The second-order valence-corrected chi connectivity index (χ2v) is 5.23. The number of hydrogen-bond donors (Lipinski definition) is 2. The number of amides is 1. The molecule has 0 saturated carbocycles. The largest absolute Gasteiger partial charge is 0.443 e. The van der Waals surface area contributed by atoms with E-state index in [1.165, 1.54) is 6.07 Å². The molecule has 0 bridgehead atoms. The van der Waals surface area contributed by atoms with Gasteiger partial charge in [0.25, 0.3) is 0 Å². The van der Waals surface area contributed by atoms with E-state index < -0.39 is 17.9 Å². The van der Waals surface area contributed by atoms with Crippen LogP contribution in [-0.4, -0.2) is 51.6 Å². The number of ether oxygens (including phenoxy) is 3. The third-order valence-corrected chi connectivity index (χ3v) is 3.46. The summed E-state index contributed by atoms with van der Waals surface area (Å²) in [7, 11) is 1.61. The maximum absolute atomic E-state index is 14.5. The van der Waals surface area contributed by atoms with Crippen molar-refractivity contribution in [2.75, 3.05) is 38.3 Å². The highest BCUT2D eigenvalue weighted by Crippen LogP contribution is 2.27. The zero-order valence-electron chi connectivity index (χ0n) is 13.4. The number of hydrogen-bond acceptors (Lipinski definition) is 5. The Hall–Kier alpha value is -2.39. The highest BCUT2D eigenvalue weighted by atomic mass is 19.1. The van der Waals surface area contributed by atoms with E-state index in [4.69, 9.17) is 25.7 Å². The summed E-state index contributed by atoms with van der Waals surface area (Å²) < 4.78 is 29.8. The summed E-state index contributed by atoms with van der Waals surface area (Å²) in [5, 5.41) is 0. The van der Waals surface area contributed by atoms with E-state index in [0.717, 1.165) is 0 Å². The van der Waals surface area contributed by atoms with Crippen molar-refractivity contribution in [2.45, 2.75) is 12.7 Å². The fourth-order valence-electron chi connectivity index (χ4n) is 2.24. The first-order valence-electron chi connectivity index (χ1n) is 7.40. The molecular weight excluding hydrogens is 319 g/mol. The van der Waals surface area contributed by atoms with E-state index in [-0.39, 0.29) is 18.3 Å². The third-order valence-electron chi connectivity index (χ3n) is 3.46. The molecule has 4 N–H and O–H groups in total. The second-order valence-electron chi connectivity index (χ2n) is 5.23. The van der Waals surface area contributed by atoms with Crippen LogP contribution in [0, 0.1) is 5.82 Å². The van der Waals surface area contributed by atoms with Gasteiger partial charge in [0.15, 0.2) is 11.8 Å². The van der Waals surface area contributed by atoms with Gasteiger partial charge in [0, 0.05) is 25.8 Å². The van der Waals surface area contributed by atoms with Gasteiger partial charge in [0.1, 0.15) is 6.61 Å². The van der Waals surface area contributed by atoms with E-state index in [9.17, 15) is 9.18 Å². The van der Waals surface area contributed by atoms with Crippen molar-refractivity contribution < 1.29 is 23.4 Å². The molecule has 1 saturated heterocycles. The van der Waals surface area contributed by atoms with Crippen LogP contribution in [0.3, 0.4) is 0 Å². The minimum absolute atomic E-state index is 0.0582. The molecule has 1 aliphatic rings. The molecule has 1 fully saturated rings. The molecule has 1 aromatic rings. The molecular formula is C15H21FN4O4. The number of nitrogens with zero attached hydrogens (tertiary/aromatic N) is 2. The summed E-state index contributed by atoms with van der Waals surface area (Å²) in [5.74, 6) is -0.848. The maximum Gasteiger partial charge on any atom is 0.437 e. The van der Waals surface area contributed by atoms with Crippen molar-refractivity contribution in [3.63, 3.8) is 0 Å². The number of rotatable bonds is 7. The van der Waals surface area contributed by atoms with Gasteiger partial charge in [0.05, 0.1) is 25.0 Å². The zero-order chi connectivity index (χ0) is 17.5. The summed E-state index contributed by atoms with van der Waals surface area (Å²) in [6.45, 7) is 1.98. The predicted octanol–water partition coefficient (Wildman–Crippen LogP) is 0.587. The minimum atomic E-state index is -0.963. The normalized spacial score (nSPS) is 14.2. The molecule has 24 heavy (non-hydrogen) atoms. The van der Waals surface area contributed by atoms with Gasteiger partial charge in [-0.25, -0.2) is 9.18 Å². The monoisotopic (exact) mass is 340 g/mol. The number of nitrogens with two attached hydrogens (primary N) is 2. The van der Waals surface area contributed by atoms with E-state index in [1.807, 2.05) is 4.90 Å². The quantitative estimate of drug-likeness (QED) is 0.424. The molecule has 132 valence electrons. The van der Waals surface area contributed by atoms with Crippen molar-refractivity contribution in [1.29, 1.82) is 0 Å². The van der Waals surface area contributed by atoms with Crippen LogP contribution >= 0.6 is 0 Å². The van der Waals surface area contributed by atoms with Crippen molar-refractivity contribution in [1.82, 2.24) is 0 Å². The van der Waals surface area contributed by atoms with Gasteiger partial charge in [-0.3, -0.25) is 0 Å². The molecule has 0 aromatic heterocycles. The summed E-state index contributed by atoms with van der Waals surface area (Å²) in [6, 6.07) is 4.90. The molecule has 1 heterocycles. The van der Waals surface area contributed by atoms with E-state index >= 15 is 0 Å². The SMILES string of the molecule is COCCOC1CN(c2cccc(COC(=O)N=C(N)N)c2F)C1. The predicted molar refractivity (Wildman–Crippen MR) is 86.2 cm³/mol. The van der Waals surface area contributed by atoms with Gasteiger partial charge in [-0.15, -0.1) is 4.99 Å². The first-order valence-corrected chi connectivity index (χ1v) is 7.40. The first-order chi connectivity index (χ1) is 11.5. The van der Waals surface area contributed by atoms with Crippen LogP contribution < -0.4 is 16.4 Å². The minimum Gasteiger partial charge on any atom is -0.443 e. The lowest BCUT2D eigenvalue weighted by atomic mass is 10.1. The number of aliphatic imine (C=N–C) groups is 1. The molecule has 1 amide bonds. The topological polar surface area (TPSA) is 112 Å². The Morgan fingerprint density at radius 3 is 2.79 bits per heavy atom. The summed E-state index contributed by atoms with van der Waals surface area (Å²) in [4.78, 5) is 16.3. The molecule has 0 atom stereocenters. The Bertz CT molecular complexity index is 601. The van der Waals surface area contributed by atoms with E-state index in [2.05, 4.69) is 4.99 Å². The Balaban J connectivity index is 1.90. The summed E-state index contributed by atoms with van der Waals surface area (Å²) in [6.07, 6.45) is -0.904. The molecule has 0 aliphatic carbocycles. The third kappa shape index (κ3) is 4.80. The van der Waals surface area contributed by atoms with Crippen molar-refractivity contribution in [3.05, 3.63) is 29.6 Å². The Kier molecular flexibility index (Phi) is 6.33. The lowest BCUT2D eigenvalue weighted by Crippen LogP contribution is -2.53. The van der Waals surface area contributed by atoms with Crippen LogP contribution in [0.15, 0.2) is 23.2 Å². The molecule has 9 heteroatoms. The van der Waals surface area contributed by atoms with Crippen molar-refractivity contribution >= 4 is 17.7 Å². The Morgan fingerprint density at radius 1 is 1.38 bits per heavy atom. The molecule has 0 unspecified atom stereocenters. The van der Waals surface area contributed by atoms with Gasteiger partial charge in [-0.2, -0.15) is 0 Å². The average Bonchev–Trinajstić information content (AvgIpc) is 2.48. The Morgan fingerprint density at radius 2 is 2.12 bits per heavy atom. The van der Waals surface area contributed by atoms with Crippen molar-refractivity contribution in [3.8, 4) is 0 Å². The van der Waals surface area contributed by atoms with Crippen LogP contribution in [0.4, 0.5) is 14.9 Å². The number of halogens is 1. The lowest BCUT2D eigenvalue weighted by Gasteiger charge is -2.40. The zero-order valence-corrected chi connectivity index (χ0v) is 13.4. The summed E-state index contributed by atoms with van der Waals surface area (Å²) >= 11 is 0. The maximum atomic E-state index is 14.5. The fourth-order valence-corrected chi connectivity index (χ4v) is 2.24. The standard InChI is InChI=1S/C15H21FN4O4/c1-22-5-6-23-11-7-20(8-11)12-4-2-3-10(13(12)16)9-24-15(21)19-14(17)18/h2-4,11H,5-9H2,1H3,(H4,17,18,19,21). The molecule has 0 radical (unpaired) electrons. The van der Waals surface area contributed by atoms with Crippen LogP contribution in [0.1, 0.15) is 5.56 Å². The lowest BCUT2D eigenvalue weighted by molar-refractivity contribution is 0.00380. The molecule has 1 aromatic carbocycles. The van der Waals surface area contributed by atoms with Crippen LogP contribution in [0.5, 0.6) is 0 Å². The van der Waals surface area contributed by atoms with Gasteiger partial charge in [-0.1, -0.05) is 12.1 Å². The number of methoxy groups -OCH3 is 1. The van der Waals surface area contributed by atoms with Crippen LogP contribution in [0.2, 0.25) is 0 Å². The number of carbonyl (C=O) groups excluding carboxylic acids is 1. The number of carbonyl (C=O) groups is 1. The highest BCUT2D eigenvalue weighted by molar-refractivity contribution is 5.87. The van der Waals surface area contributed by atoms with Gasteiger partial charge >= 0.3 is 6.09 Å².